The lowest BCUT2D eigenvalue weighted by Gasteiger charge is -2.35. The van der Waals surface area contributed by atoms with Crippen molar-refractivity contribution >= 4 is 15.9 Å². The first-order valence-corrected chi connectivity index (χ1v) is 12.5. The topological polar surface area (TPSA) is 76.2 Å². The van der Waals surface area contributed by atoms with Gasteiger partial charge in [-0.1, -0.05) is 12.5 Å². The molecular formula is C22H32N2O5S. The van der Waals surface area contributed by atoms with Crippen molar-refractivity contribution < 1.29 is 22.7 Å². The van der Waals surface area contributed by atoms with E-state index in [9.17, 15) is 13.2 Å². The first-order valence-electron chi connectivity index (χ1n) is 11.0. The minimum Gasteiger partial charge on any atom is -0.350 e. The molecule has 8 heteroatoms. The lowest BCUT2D eigenvalue weighted by atomic mass is 9.96. The number of amides is 1. The van der Waals surface area contributed by atoms with Gasteiger partial charge in [0, 0.05) is 37.2 Å². The summed E-state index contributed by atoms with van der Waals surface area (Å²) >= 11 is 0. The highest BCUT2D eigenvalue weighted by Crippen LogP contribution is 2.29. The Hall–Kier alpha value is -1.48. The highest BCUT2D eigenvalue weighted by Gasteiger charge is 2.35. The van der Waals surface area contributed by atoms with Crippen molar-refractivity contribution in [3.05, 3.63) is 29.3 Å². The van der Waals surface area contributed by atoms with E-state index >= 15 is 0 Å². The molecule has 1 aromatic rings. The molecule has 166 valence electrons. The van der Waals surface area contributed by atoms with Gasteiger partial charge in [0.1, 0.15) is 0 Å². The van der Waals surface area contributed by atoms with Crippen LogP contribution in [0.5, 0.6) is 0 Å². The van der Waals surface area contributed by atoms with Crippen molar-refractivity contribution in [3.63, 3.8) is 0 Å². The molecule has 7 nitrogen and oxygen atoms in total. The van der Waals surface area contributed by atoms with Crippen LogP contribution in [-0.4, -0.2) is 68.7 Å². The maximum atomic E-state index is 13.3. The van der Waals surface area contributed by atoms with Gasteiger partial charge in [-0.05, 0) is 57.2 Å². The fourth-order valence-electron chi connectivity index (χ4n) is 4.79. The van der Waals surface area contributed by atoms with Crippen LogP contribution in [0.1, 0.15) is 54.9 Å². The minimum atomic E-state index is -3.62. The quantitative estimate of drug-likeness (QED) is 0.725. The highest BCUT2D eigenvalue weighted by molar-refractivity contribution is 7.89. The molecule has 0 radical (unpaired) electrons. The van der Waals surface area contributed by atoms with Crippen LogP contribution < -0.4 is 0 Å². The van der Waals surface area contributed by atoms with Gasteiger partial charge >= 0.3 is 0 Å². The van der Waals surface area contributed by atoms with Gasteiger partial charge in [0.15, 0.2) is 6.29 Å². The molecule has 3 saturated heterocycles. The van der Waals surface area contributed by atoms with Gasteiger partial charge in [0.25, 0.3) is 5.91 Å². The van der Waals surface area contributed by atoms with Crippen molar-refractivity contribution in [2.24, 2.45) is 5.92 Å². The number of carbonyl (C=O) groups is 1. The number of ether oxygens (including phenoxy) is 2. The van der Waals surface area contributed by atoms with Gasteiger partial charge in [-0.25, -0.2) is 8.42 Å². The number of rotatable bonds is 4. The summed E-state index contributed by atoms with van der Waals surface area (Å²) in [7, 11) is -3.62. The lowest BCUT2D eigenvalue weighted by Crippen LogP contribution is -2.44. The van der Waals surface area contributed by atoms with Gasteiger partial charge in [-0.3, -0.25) is 4.79 Å². The molecule has 0 saturated carbocycles. The Bertz CT molecular complexity index is 882. The van der Waals surface area contributed by atoms with Gasteiger partial charge in [0.2, 0.25) is 10.0 Å². The van der Waals surface area contributed by atoms with Crippen molar-refractivity contribution in [3.8, 4) is 0 Å². The number of piperidine rings is 2. The van der Waals surface area contributed by atoms with Crippen LogP contribution in [0.3, 0.4) is 0 Å². The third kappa shape index (κ3) is 4.28. The molecule has 0 spiro atoms. The number of likely N-dealkylation sites (tertiary alicyclic amines) is 1. The zero-order valence-corrected chi connectivity index (χ0v) is 18.7. The molecular weight excluding hydrogens is 404 g/mol. The molecule has 0 N–H and O–H groups in total. The Balaban J connectivity index is 1.56. The Morgan fingerprint density at radius 3 is 2.57 bits per heavy atom. The first-order chi connectivity index (χ1) is 14.4. The van der Waals surface area contributed by atoms with Crippen LogP contribution in [0.2, 0.25) is 0 Å². The van der Waals surface area contributed by atoms with E-state index in [1.54, 1.807) is 22.5 Å². The number of hydrogen-bond acceptors (Lipinski definition) is 5. The summed E-state index contributed by atoms with van der Waals surface area (Å²) in [4.78, 5) is 15.4. The Labute approximate surface area is 179 Å². The summed E-state index contributed by atoms with van der Waals surface area (Å²) in [6.45, 7) is 6.79. The average molecular weight is 437 g/mol. The predicted molar refractivity (Wildman–Crippen MR) is 113 cm³/mol. The zero-order valence-electron chi connectivity index (χ0n) is 17.9. The first kappa shape index (κ1) is 21.7. The van der Waals surface area contributed by atoms with Crippen LogP contribution in [0.4, 0.5) is 0 Å². The number of nitrogens with zero attached hydrogens (tertiary/aromatic N) is 2. The number of aryl methyl sites for hydroxylation is 1. The van der Waals surface area contributed by atoms with Gasteiger partial charge in [0.05, 0.1) is 18.1 Å². The van der Waals surface area contributed by atoms with Crippen molar-refractivity contribution in [2.45, 2.75) is 63.2 Å². The molecule has 3 heterocycles. The van der Waals surface area contributed by atoms with E-state index in [2.05, 4.69) is 0 Å². The summed E-state index contributed by atoms with van der Waals surface area (Å²) < 4.78 is 39.4. The minimum absolute atomic E-state index is 0.0153. The lowest BCUT2D eigenvalue weighted by molar-refractivity contribution is -0.0969. The third-order valence-electron chi connectivity index (χ3n) is 6.57. The number of sulfonamides is 1. The smallest absolute Gasteiger partial charge is 0.254 e. The molecule has 2 atom stereocenters. The molecule has 0 bridgehead atoms. The van der Waals surface area contributed by atoms with E-state index < -0.39 is 10.0 Å². The largest absolute Gasteiger partial charge is 0.350 e. The monoisotopic (exact) mass is 436 g/mol. The molecule has 3 fully saturated rings. The summed E-state index contributed by atoms with van der Waals surface area (Å²) in [5.41, 5.74) is 1.26. The maximum absolute atomic E-state index is 13.3. The Morgan fingerprint density at radius 1 is 1.07 bits per heavy atom. The second-order valence-corrected chi connectivity index (χ2v) is 10.6. The molecule has 2 unspecified atom stereocenters. The van der Waals surface area contributed by atoms with Crippen LogP contribution in [-0.2, 0) is 19.5 Å². The standard InChI is InChI=1S/C22H32N2O5S/c1-16-8-9-19(30(26,27)24-11-4-3-6-17(24)2)14-20(16)21(25)23-10-5-7-18(15-23)22-28-12-13-29-22/h8-9,14,17-18,22H,3-7,10-13,15H2,1-2H3. The number of hydrogen-bond donors (Lipinski definition) is 0. The molecule has 3 aliphatic rings. The second-order valence-electron chi connectivity index (χ2n) is 8.70. The molecule has 30 heavy (non-hydrogen) atoms. The molecule has 1 aromatic carbocycles. The van der Waals surface area contributed by atoms with E-state index in [0.29, 0.717) is 38.4 Å². The van der Waals surface area contributed by atoms with E-state index in [1.807, 2.05) is 18.7 Å². The van der Waals surface area contributed by atoms with Crippen molar-refractivity contribution in [1.29, 1.82) is 0 Å². The van der Waals surface area contributed by atoms with Gasteiger partial charge in [-0.15, -0.1) is 0 Å². The second kappa shape index (κ2) is 8.94. The molecule has 3 aliphatic heterocycles. The van der Waals surface area contributed by atoms with E-state index in [-0.39, 0.29) is 29.1 Å². The Kier molecular flexibility index (Phi) is 6.48. The average Bonchev–Trinajstić information content (AvgIpc) is 3.29. The molecule has 1 amide bonds. The van der Waals surface area contributed by atoms with E-state index in [0.717, 1.165) is 37.7 Å². The normalized spacial score (nSPS) is 26.8. The summed E-state index contributed by atoms with van der Waals surface area (Å²) in [6.07, 6.45) is 4.42. The molecule has 0 aliphatic carbocycles. The third-order valence-corrected chi connectivity index (χ3v) is 8.58. The van der Waals surface area contributed by atoms with E-state index in [4.69, 9.17) is 9.47 Å². The van der Waals surface area contributed by atoms with Crippen LogP contribution >= 0.6 is 0 Å². The van der Waals surface area contributed by atoms with Crippen LogP contribution in [0, 0.1) is 12.8 Å². The van der Waals surface area contributed by atoms with Crippen LogP contribution in [0.15, 0.2) is 23.1 Å². The van der Waals surface area contributed by atoms with Gasteiger partial charge in [-0.2, -0.15) is 4.31 Å². The Morgan fingerprint density at radius 2 is 1.83 bits per heavy atom. The summed E-state index contributed by atoms with van der Waals surface area (Å²) in [5.74, 6) is 0.0468. The highest BCUT2D eigenvalue weighted by atomic mass is 32.2. The fourth-order valence-corrected chi connectivity index (χ4v) is 6.52. The number of carbonyl (C=O) groups excluding carboxylic acids is 1. The fraction of sp³-hybridized carbons (Fsp3) is 0.682. The van der Waals surface area contributed by atoms with E-state index in [1.165, 1.54) is 0 Å². The maximum Gasteiger partial charge on any atom is 0.254 e. The van der Waals surface area contributed by atoms with Gasteiger partial charge < -0.3 is 14.4 Å². The van der Waals surface area contributed by atoms with Crippen LogP contribution in [0.25, 0.3) is 0 Å². The molecule has 0 aromatic heterocycles. The SMILES string of the molecule is Cc1ccc(S(=O)(=O)N2CCCCC2C)cc1C(=O)N1CCCC(C2OCCO2)C1. The van der Waals surface area contributed by atoms with Crippen molar-refractivity contribution in [1.82, 2.24) is 9.21 Å². The zero-order chi connectivity index (χ0) is 21.3. The number of benzene rings is 1. The summed E-state index contributed by atoms with van der Waals surface area (Å²) in [5, 5.41) is 0. The predicted octanol–water partition coefficient (Wildman–Crippen LogP) is 2.78. The molecule has 4 rings (SSSR count). The summed E-state index contributed by atoms with van der Waals surface area (Å²) in [6, 6.07) is 4.93. The van der Waals surface area contributed by atoms with Crippen molar-refractivity contribution in [2.75, 3.05) is 32.8 Å².